The monoisotopic (exact) mass is 203 g/mol. The highest BCUT2D eigenvalue weighted by molar-refractivity contribution is 5.73. The number of benzene rings is 1. The second-order valence-corrected chi connectivity index (χ2v) is 4.02. The number of rotatable bonds is 1. The molecule has 2 heterocycles. The molecule has 0 radical (unpaired) electrons. The van der Waals surface area contributed by atoms with Crippen molar-refractivity contribution in [1.29, 1.82) is 0 Å². The van der Waals surface area contributed by atoms with E-state index in [2.05, 4.69) is 11.9 Å². The molecule has 2 aromatic rings. The molecule has 1 aromatic carbocycles. The van der Waals surface area contributed by atoms with Gasteiger partial charge < -0.3 is 9.15 Å². The van der Waals surface area contributed by atoms with Gasteiger partial charge in [0.2, 0.25) is 5.89 Å². The Morgan fingerprint density at radius 3 is 3.13 bits per heavy atom. The van der Waals surface area contributed by atoms with Gasteiger partial charge in [-0.15, -0.1) is 0 Å². The number of nitrogens with zero attached hydrogens (tertiary/aromatic N) is 1. The van der Waals surface area contributed by atoms with Crippen LogP contribution in [0.25, 0.3) is 11.1 Å². The van der Waals surface area contributed by atoms with Crippen LogP contribution in [0.4, 0.5) is 0 Å². The van der Waals surface area contributed by atoms with Gasteiger partial charge in [-0.3, -0.25) is 0 Å². The first-order valence-corrected chi connectivity index (χ1v) is 5.31. The highest BCUT2D eigenvalue weighted by Gasteiger charge is 2.22. The van der Waals surface area contributed by atoms with Gasteiger partial charge in [-0.05, 0) is 37.5 Å². The standard InChI is InChI=1S/C12H13NO2/c1-8-4-5-10-9(7-8)13-12(15-10)11-3-2-6-14-11/h4-5,7,11H,2-3,6H2,1H3. The van der Waals surface area contributed by atoms with Crippen LogP contribution in [-0.4, -0.2) is 11.6 Å². The first kappa shape index (κ1) is 8.92. The average Bonchev–Trinajstić information content (AvgIpc) is 2.84. The summed E-state index contributed by atoms with van der Waals surface area (Å²) in [5, 5.41) is 0. The van der Waals surface area contributed by atoms with Crippen LogP contribution in [0.1, 0.15) is 30.4 Å². The number of hydrogen-bond donors (Lipinski definition) is 0. The molecule has 0 aliphatic carbocycles. The molecule has 1 fully saturated rings. The van der Waals surface area contributed by atoms with Gasteiger partial charge in [-0.1, -0.05) is 6.07 Å². The zero-order valence-electron chi connectivity index (χ0n) is 8.69. The summed E-state index contributed by atoms with van der Waals surface area (Å²) in [4.78, 5) is 4.46. The molecule has 0 saturated carbocycles. The van der Waals surface area contributed by atoms with Crippen LogP contribution >= 0.6 is 0 Å². The van der Waals surface area contributed by atoms with Gasteiger partial charge in [-0.25, -0.2) is 4.98 Å². The third-order valence-electron chi connectivity index (χ3n) is 2.76. The maximum absolute atomic E-state index is 5.67. The van der Waals surface area contributed by atoms with Crippen LogP contribution in [0.5, 0.6) is 0 Å². The van der Waals surface area contributed by atoms with E-state index >= 15 is 0 Å². The number of ether oxygens (including phenoxy) is 1. The number of aromatic nitrogens is 1. The molecule has 3 heteroatoms. The summed E-state index contributed by atoms with van der Waals surface area (Å²) in [5.41, 5.74) is 2.99. The minimum absolute atomic E-state index is 0.0673. The summed E-state index contributed by atoms with van der Waals surface area (Å²) in [5.74, 6) is 0.730. The summed E-state index contributed by atoms with van der Waals surface area (Å²) in [6.45, 7) is 2.88. The van der Waals surface area contributed by atoms with Crippen LogP contribution in [0.3, 0.4) is 0 Å². The van der Waals surface area contributed by atoms with Crippen LogP contribution in [0.2, 0.25) is 0 Å². The molecule has 3 nitrogen and oxygen atoms in total. The Balaban J connectivity index is 2.05. The summed E-state index contributed by atoms with van der Waals surface area (Å²) in [6.07, 6.45) is 2.19. The first-order chi connectivity index (χ1) is 7.33. The fourth-order valence-corrected chi connectivity index (χ4v) is 1.97. The second-order valence-electron chi connectivity index (χ2n) is 4.02. The molecule has 78 valence electrons. The first-order valence-electron chi connectivity index (χ1n) is 5.31. The lowest BCUT2D eigenvalue weighted by atomic mass is 10.2. The number of hydrogen-bond acceptors (Lipinski definition) is 3. The van der Waals surface area contributed by atoms with E-state index in [0.717, 1.165) is 36.4 Å². The Morgan fingerprint density at radius 1 is 1.40 bits per heavy atom. The molecule has 1 saturated heterocycles. The highest BCUT2D eigenvalue weighted by atomic mass is 16.5. The SMILES string of the molecule is Cc1ccc2oc(C3CCCO3)nc2c1. The smallest absolute Gasteiger partial charge is 0.224 e. The van der Waals surface area contributed by atoms with Crippen molar-refractivity contribution in [2.24, 2.45) is 0 Å². The highest BCUT2D eigenvalue weighted by Crippen LogP contribution is 2.30. The Hall–Kier alpha value is -1.35. The molecule has 15 heavy (non-hydrogen) atoms. The predicted molar refractivity (Wildman–Crippen MR) is 56.7 cm³/mol. The molecule has 1 atom stereocenters. The third-order valence-corrected chi connectivity index (χ3v) is 2.76. The molecular weight excluding hydrogens is 190 g/mol. The van der Waals surface area contributed by atoms with E-state index in [1.165, 1.54) is 5.56 Å². The average molecular weight is 203 g/mol. The van der Waals surface area contributed by atoms with Crippen molar-refractivity contribution in [3.8, 4) is 0 Å². The molecular formula is C12H13NO2. The lowest BCUT2D eigenvalue weighted by Crippen LogP contribution is -1.94. The summed E-state index contributed by atoms with van der Waals surface area (Å²) in [6, 6.07) is 6.04. The van der Waals surface area contributed by atoms with Crippen molar-refractivity contribution < 1.29 is 9.15 Å². The van der Waals surface area contributed by atoms with E-state index in [1.54, 1.807) is 0 Å². The van der Waals surface area contributed by atoms with Gasteiger partial charge in [0.15, 0.2) is 5.58 Å². The molecule has 0 amide bonds. The van der Waals surface area contributed by atoms with Gasteiger partial charge >= 0.3 is 0 Å². The maximum Gasteiger partial charge on any atom is 0.224 e. The van der Waals surface area contributed by atoms with Crippen molar-refractivity contribution in [2.45, 2.75) is 25.9 Å². The lowest BCUT2D eigenvalue weighted by molar-refractivity contribution is 0.0907. The van der Waals surface area contributed by atoms with Crippen LogP contribution in [-0.2, 0) is 4.74 Å². The van der Waals surface area contributed by atoms with Gasteiger partial charge in [0.25, 0.3) is 0 Å². The topological polar surface area (TPSA) is 35.3 Å². The Kier molecular flexibility index (Phi) is 1.99. The lowest BCUT2D eigenvalue weighted by Gasteiger charge is -2.01. The van der Waals surface area contributed by atoms with E-state index < -0.39 is 0 Å². The van der Waals surface area contributed by atoms with E-state index in [9.17, 15) is 0 Å². The summed E-state index contributed by atoms with van der Waals surface area (Å²) < 4.78 is 11.2. The van der Waals surface area contributed by atoms with Crippen LogP contribution in [0, 0.1) is 6.92 Å². The van der Waals surface area contributed by atoms with Crippen molar-refractivity contribution in [1.82, 2.24) is 4.98 Å². The minimum Gasteiger partial charge on any atom is -0.438 e. The van der Waals surface area contributed by atoms with Crippen LogP contribution in [0.15, 0.2) is 22.6 Å². The molecule has 1 unspecified atom stereocenters. The number of fused-ring (bicyclic) bond motifs is 1. The number of aryl methyl sites for hydroxylation is 1. The minimum atomic E-state index is 0.0673. The van der Waals surface area contributed by atoms with Gasteiger partial charge in [-0.2, -0.15) is 0 Å². The van der Waals surface area contributed by atoms with E-state index in [1.807, 2.05) is 18.2 Å². The predicted octanol–water partition coefficient (Wildman–Crippen LogP) is 2.99. The normalized spacial score (nSPS) is 21.3. The molecule has 1 aliphatic heterocycles. The maximum atomic E-state index is 5.67. The second kappa shape index (κ2) is 3.35. The van der Waals surface area contributed by atoms with Crippen LogP contribution < -0.4 is 0 Å². The van der Waals surface area contributed by atoms with Crippen molar-refractivity contribution in [3.05, 3.63) is 29.7 Å². The van der Waals surface area contributed by atoms with Gasteiger partial charge in [0.1, 0.15) is 11.6 Å². The Bertz CT molecular complexity index is 483. The quantitative estimate of drug-likeness (QED) is 0.714. The van der Waals surface area contributed by atoms with Crippen molar-refractivity contribution in [3.63, 3.8) is 0 Å². The van der Waals surface area contributed by atoms with E-state index in [4.69, 9.17) is 9.15 Å². The van der Waals surface area contributed by atoms with E-state index in [0.29, 0.717) is 0 Å². The largest absolute Gasteiger partial charge is 0.438 e. The Morgan fingerprint density at radius 2 is 2.33 bits per heavy atom. The molecule has 0 bridgehead atoms. The fourth-order valence-electron chi connectivity index (χ4n) is 1.97. The zero-order chi connectivity index (χ0) is 10.3. The summed E-state index contributed by atoms with van der Waals surface area (Å²) >= 11 is 0. The Labute approximate surface area is 88.1 Å². The van der Waals surface area contributed by atoms with Gasteiger partial charge in [0, 0.05) is 6.61 Å². The number of oxazole rings is 1. The molecule has 3 rings (SSSR count). The van der Waals surface area contributed by atoms with Crippen molar-refractivity contribution >= 4 is 11.1 Å². The molecule has 1 aliphatic rings. The van der Waals surface area contributed by atoms with Gasteiger partial charge in [0.05, 0.1) is 0 Å². The third kappa shape index (κ3) is 1.53. The fraction of sp³-hybridized carbons (Fsp3) is 0.417. The zero-order valence-corrected chi connectivity index (χ0v) is 8.69. The molecule has 1 aromatic heterocycles. The molecule has 0 spiro atoms. The van der Waals surface area contributed by atoms with E-state index in [-0.39, 0.29) is 6.10 Å². The summed E-state index contributed by atoms with van der Waals surface area (Å²) in [7, 11) is 0. The molecule has 0 N–H and O–H groups in total. The van der Waals surface area contributed by atoms with Crippen molar-refractivity contribution in [2.75, 3.05) is 6.61 Å².